The zero-order valence-electron chi connectivity index (χ0n) is 12.5. The van der Waals surface area contributed by atoms with Crippen molar-refractivity contribution in [2.75, 3.05) is 46.4 Å². The van der Waals surface area contributed by atoms with Gasteiger partial charge in [0.1, 0.15) is 0 Å². The molecule has 2 N–H and O–H groups in total. The molecule has 1 aliphatic heterocycles. The molecule has 114 valence electrons. The van der Waals surface area contributed by atoms with Crippen molar-refractivity contribution in [1.29, 1.82) is 0 Å². The number of hydrogen-bond donors (Lipinski definition) is 1. The minimum atomic E-state index is -0.422. The van der Waals surface area contributed by atoms with Crippen molar-refractivity contribution in [2.24, 2.45) is 11.1 Å². The highest BCUT2D eigenvalue weighted by molar-refractivity contribution is 5.85. The molecule has 0 aromatic rings. The average Bonchev–Trinajstić information content (AvgIpc) is 2.27. The summed E-state index contributed by atoms with van der Waals surface area (Å²) in [4.78, 5) is 15.9. The Morgan fingerprint density at radius 2 is 1.95 bits per heavy atom. The predicted octanol–water partition coefficient (Wildman–Crippen LogP) is 0.572. The van der Waals surface area contributed by atoms with Crippen LogP contribution in [0.2, 0.25) is 0 Å². The van der Waals surface area contributed by atoms with Gasteiger partial charge in [-0.1, -0.05) is 13.8 Å². The molecule has 1 saturated heterocycles. The van der Waals surface area contributed by atoms with Crippen molar-refractivity contribution in [2.45, 2.75) is 26.8 Å². The van der Waals surface area contributed by atoms with Gasteiger partial charge in [-0.25, -0.2) is 0 Å². The molecule has 1 atom stereocenters. The molecule has 0 aliphatic carbocycles. The zero-order chi connectivity index (χ0) is 13.8. The van der Waals surface area contributed by atoms with Crippen molar-refractivity contribution < 1.29 is 9.53 Å². The summed E-state index contributed by atoms with van der Waals surface area (Å²) in [5.41, 5.74) is 5.69. The molecule has 1 unspecified atom stereocenters. The Bertz CT molecular complexity index is 279. The summed E-state index contributed by atoms with van der Waals surface area (Å²) in [5, 5.41) is 0. The van der Waals surface area contributed by atoms with E-state index < -0.39 is 6.04 Å². The van der Waals surface area contributed by atoms with Crippen LogP contribution in [0.15, 0.2) is 0 Å². The van der Waals surface area contributed by atoms with E-state index in [9.17, 15) is 4.79 Å². The average molecular weight is 294 g/mol. The summed E-state index contributed by atoms with van der Waals surface area (Å²) in [6, 6.07) is -0.422. The normalized spacial score (nSPS) is 18.6. The lowest BCUT2D eigenvalue weighted by Crippen LogP contribution is -2.48. The second kappa shape index (κ2) is 8.04. The van der Waals surface area contributed by atoms with E-state index >= 15 is 0 Å². The van der Waals surface area contributed by atoms with Gasteiger partial charge < -0.3 is 15.4 Å². The van der Waals surface area contributed by atoms with E-state index in [0.717, 1.165) is 39.4 Å². The molecule has 0 bridgehead atoms. The van der Waals surface area contributed by atoms with E-state index in [2.05, 4.69) is 18.7 Å². The molecule has 0 aromatic carbocycles. The number of nitrogens with two attached hydrogens (primary N) is 1. The monoisotopic (exact) mass is 293 g/mol. The lowest BCUT2D eigenvalue weighted by Gasteiger charge is -2.37. The first-order valence-corrected chi connectivity index (χ1v) is 6.62. The number of amides is 1. The van der Waals surface area contributed by atoms with Crippen LogP contribution >= 0.6 is 12.4 Å². The lowest BCUT2D eigenvalue weighted by molar-refractivity contribution is -0.132. The summed E-state index contributed by atoms with van der Waals surface area (Å²) in [7, 11) is 1.83. The molecular weight excluding hydrogens is 266 g/mol. The van der Waals surface area contributed by atoms with Gasteiger partial charge in [0.2, 0.25) is 5.91 Å². The Morgan fingerprint density at radius 1 is 1.42 bits per heavy atom. The molecule has 0 saturated carbocycles. The predicted molar refractivity (Wildman–Crippen MR) is 79.6 cm³/mol. The van der Waals surface area contributed by atoms with Crippen LogP contribution in [-0.4, -0.2) is 68.2 Å². The highest BCUT2D eigenvalue weighted by Crippen LogP contribution is 2.19. The zero-order valence-corrected chi connectivity index (χ0v) is 13.3. The third kappa shape index (κ3) is 6.56. The van der Waals surface area contributed by atoms with Crippen molar-refractivity contribution in [1.82, 2.24) is 9.80 Å². The van der Waals surface area contributed by atoms with Crippen molar-refractivity contribution in [3.05, 3.63) is 0 Å². The lowest BCUT2D eigenvalue weighted by atomic mass is 9.91. The standard InChI is InChI=1S/C13H27N3O2.ClH/c1-11(14)12(17)15(4)9-13(2,3)10-16-5-7-18-8-6-16;/h11H,5-10,14H2,1-4H3;1H. The molecule has 5 nitrogen and oxygen atoms in total. The van der Waals surface area contributed by atoms with Crippen molar-refractivity contribution in [3.63, 3.8) is 0 Å². The van der Waals surface area contributed by atoms with Gasteiger partial charge in [-0.05, 0) is 12.3 Å². The maximum absolute atomic E-state index is 11.8. The number of morpholine rings is 1. The Hall–Kier alpha value is -0.360. The molecular formula is C13H28ClN3O2. The number of carbonyl (C=O) groups is 1. The number of likely N-dealkylation sites (N-methyl/N-ethyl adjacent to an activating group) is 1. The fourth-order valence-corrected chi connectivity index (χ4v) is 2.48. The summed E-state index contributed by atoms with van der Waals surface area (Å²) >= 11 is 0. The van der Waals surface area contributed by atoms with Crippen LogP contribution in [0.1, 0.15) is 20.8 Å². The molecule has 0 spiro atoms. The molecule has 1 fully saturated rings. The van der Waals surface area contributed by atoms with Crippen LogP contribution in [0.4, 0.5) is 0 Å². The van der Waals surface area contributed by atoms with E-state index in [0.29, 0.717) is 0 Å². The first-order valence-electron chi connectivity index (χ1n) is 6.62. The summed E-state index contributed by atoms with van der Waals surface area (Å²) in [6.45, 7) is 11.4. The minimum Gasteiger partial charge on any atom is -0.379 e. The number of halogens is 1. The molecule has 1 heterocycles. The second-order valence-corrected chi connectivity index (χ2v) is 6.04. The molecule has 1 rings (SSSR count). The van der Waals surface area contributed by atoms with E-state index in [-0.39, 0.29) is 23.7 Å². The maximum Gasteiger partial charge on any atom is 0.238 e. The van der Waals surface area contributed by atoms with E-state index in [4.69, 9.17) is 10.5 Å². The molecule has 1 amide bonds. The van der Waals surface area contributed by atoms with Gasteiger partial charge in [-0.3, -0.25) is 9.69 Å². The van der Waals surface area contributed by atoms with Crippen molar-refractivity contribution in [3.8, 4) is 0 Å². The molecule has 0 aromatic heterocycles. The Kier molecular flexibility index (Phi) is 7.89. The molecule has 19 heavy (non-hydrogen) atoms. The second-order valence-electron chi connectivity index (χ2n) is 6.04. The van der Waals surface area contributed by atoms with E-state index in [1.807, 2.05) is 7.05 Å². The van der Waals surface area contributed by atoms with Gasteiger partial charge in [-0.2, -0.15) is 0 Å². The van der Waals surface area contributed by atoms with Crippen LogP contribution in [0.5, 0.6) is 0 Å². The van der Waals surface area contributed by atoms with Gasteiger partial charge in [0, 0.05) is 33.2 Å². The number of ether oxygens (including phenoxy) is 1. The summed E-state index contributed by atoms with van der Waals surface area (Å²) in [6.07, 6.45) is 0. The van der Waals surface area contributed by atoms with Gasteiger partial charge in [0.15, 0.2) is 0 Å². The topological polar surface area (TPSA) is 58.8 Å². The van der Waals surface area contributed by atoms with Crippen LogP contribution < -0.4 is 5.73 Å². The van der Waals surface area contributed by atoms with Crippen molar-refractivity contribution >= 4 is 18.3 Å². The number of rotatable bonds is 5. The van der Waals surface area contributed by atoms with Crippen LogP contribution in [0.3, 0.4) is 0 Å². The maximum atomic E-state index is 11.8. The summed E-state index contributed by atoms with van der Waals surface area (Å²) in [5.74, 6) is 0.00468. The Balaban J connectivity index is 0.00000324. The highest BCUT2D eigenvalue weighted by Gasteiger charge is 2.27. The minimum absolute atomic E-state index is 0. The van der Waals surface area contributed by atoms with Gasteiger partial charge >= 0.3 is 0 Å². The largest absolute Gasteiger partial charge is 0.379 e. The first kappa shape index (κ1) is 18.6. The smallest absolute Gasteiger partial charge is 0.238 e. The van der Waals surface area contributed by atoms with Gasteiger partial charge in [0.05, 0.1) is 19.3 Å². The third-order valence-electron chi connectivity index (χ3n) is 3.19. The van der Waals surface area contributed by atoms with E-state index in [1.54, 1.807) is 11.8 Å². The fourth-order valence-electron chi connectivity index (χ4n) is 2.48. The first-order chi connectivity index (χ1) is 8.32. The summed E-state index contributed by atoms with van der Waals surface area (Å²) < 4.78 is 5.34. The quantitative estimate of drug-likeness (QED) is 0.805. The van der Waals surface area contributed by atoms with Gasteiger partial charge in [0.25, 0.3) is 0 Å². The SMILES string of the molecule is CC(N)C(=O)N(C)CC(C)(C)CN1CCOCC1.Cl. The third-order valence-corrected chi connectivity index (χ3v) is 3.19. The van der Waals surface area contributed by atoms with Crippen LogP contribution in [0, 0.1) is 5.41 Å². The van der Waals surface area contributed by atoms with Gasteiger partial charge in [-0.15, -0.1) is 12.4 Å². The van der Waals surface area contributed by atoms with Crippen LogP contribution in [0.25, 0.3) is 0 Å². The molecule has 6 heteroatoms. The number of nitrogens with zero attached hydrogens (tertiary/aromatic N) is 2. The number of hydrogen-bond acceptors (Lipinski definition) is 4. The van der Waals surface area contributed by atoms with E-state index in [1.165, 1.54) is 0 Å². The molecule has 0 radical (unpaired) electrons. The Labute approximate surface area is 122 Å². The molecule has 1 aliphatic rings. The Morgan fingerprint density at radius 3 is 2.42 bits per heavy atom. The number of carbonyl (C=O) groups excluding carboxylic acids is 1. The highest BCUT2D eigenvalue weighted by atomic mass is 35.5. The fraction of sp³-hybridized carbons (Fsp3) is 0.923. The van der Waals surface area contributed by atoms with Crippen LogP contribution in [-0.2, 0) is 9.53 Å².